The summed E-state index contributed by atoms with van der Waals surface area (Å²) in [5.74, 6) is 0. The summed E-state index contributed by atoms with van der Waals surface area (Å²) in [6.07, 6.45) is 1.21. The summed E-state index contributed by atoms with van der Waals surface area (Å²) in [5.41, 5.74) is 0. The molecule has 1 aliphatic heterocycles. The number of nitrogens with zero attached hydrogens (tertiary/aromatic N) is 3. The van der Waals surface area contributed by atoms with E-state index in [1.807, 2.05) is 0 Å². The Hall–Kier alpha value is 0.0569. The first-order valence-corrected chi connectivity index (χ1v) is 10.7. The fourth-order valence-electron chi connectivity index (χ4n) is 2.62. The third-order valence-corrected chi connectivity index (χ3v) is 7.60. The first-order valence-electron chi connectivity index (χ1n) is 7.75. The molecule has 1 fully saturated rings. The van der Waals surface area contributed by atoms with Crippen LogP contribution in [0.25, 0.3) is 0 Å². The molecule has 1 atom stereocenters. The van der Waals surface area contributed by atoms with Crippen LogP contribution in [-0.4, -0.2) is 82.2 Å². The van der Waals surface area contributed by atoms with Gasteiger partial charge in [-0.1, -0.05) is 13.8 Å². The third-order valence-electron chi connectivity index (χ3n) is 4.37. The highest BCUT2D eigenvalue weighted by molar-refractivity contribution is 6.72. The average molecular weight is 287 g/mol. The Morgan fingerprint density at radius 3 is 1.79 bits per heavy atom. The van der Waals surface area contributed by atoms with Crippen LogP contribution in [0.15, 0.2) is 0 Å². The van der Waals surface area contributed by atoms with Crippen LogP contribution >= 0.6 is 0 Å². The van der Waals surface area contributed by atoms with E-state index in [0.717, 1.165) is 0 Å². The predicted octanol–water partition coefficient (Wildman–Crippen LogP) is 1.26. The van der Waals surface area contributed by atoms with Crippen LogP contribution < -0.4 is 4.98 Å². The maximum Gasteiger partial charge on any atom is 0.198 e. The number of hydrogen-bond donors (Lipinski definition) is 1. The number of hydrogen-bond acceptors (Lipinski definition) is 4. The van der Waals surface area contributed by atoms with Gasteiger partial charge in [0.05, 0.1) is 0 Å². The van der Waals surface area contributed by atoms with Gasteiger partial charge in [-0.3, -0.25) is 0 Å². The minimum atomic E-state index is -1.49. The maximum atomic E-state index is 3.90. The number of rotatable bonds is 4. The molecule has 0 aromatic heterocycles. The molecule has 1 saturated heterocycles. The van der Waals surface area contributed by atoms with E-state index < -0.39 is 8.40 Å². The van der Waals surface area contributed by atoms with Crippen LogP contribution in [0.3, 0.4) is 0 Å². The van der Waals surface area contributed by atoms with Crippen molar-refractivity contribution >= 4 is 8.40 Å². The highest BCUT2D eigenvalue weighted by Crippen LogP contribution is 2.10. The van der Waals surface area contributed by atoms with Gasteiger partial charge >= 0.3 is 0 Å². The molecule has 0 radical (unpaired) electrons. The number of nitrogens with one attached hydrogen (secondary N) is 1. The SMILES string of the molecule is CCC(C)N[Si](C)(C)N1CCN(C)CCN(C)CC1. The Bertz CT molecular complexity index is 246. The standard InChI is InChI=1S/C14H34N4Si/c1-7-14(2)15-19(5,6)18-12-10-16(3)8-9-17(4)11-13-18/h14-15H,7-13H2,1-6H3. The Morgan fingerprint density at radius 2 is 1.37 bits per heavy atom. The van der Waals surface area contributed by atoms with Gasteiger partial charge < -0.3 is 19.3 Å². The summed E-state index contributed by atoms with van der Waals surface area (Å²) in [4.78, 5) is 8.82. The Labute approximate surface area is 121 Å². The van der Waals surface area contributed by atoms with E-state index in [0.29, 0.717) is 6.04 Å². The van der Waals surface area contributed by atoms with Crippen molar-refractivity contribution < 1.29 is 0 Å². The van der Waals surface area contributed by atoms with Crippen LogP contribution in [0, 0.1) is 0 Å². The Kier molecular flexibility index (Phi) is 6.97. The van der Waals surface area contributed by atoms with Crippen molar-refractivity contribution in [2.24, 2.45) is 0 Å². The average Bonchev–Trinajstić information content (AvgIpc) is 2.42. The summed E-state index contributed by atoms with van der Waals surface area (Å²) in [7, 11) is 3.00. The topological polar surface area (TPSA) is 21.8 Å². The zero-order chi connectivity index (χ0) is 14.5. The molecule has 4 nitrogen and oxygen atoms in total. The van der Waals surface area contributed by atoms with Crippen molar-refractivity contribution in [2.45, 2.75) is 39.4 Å². The first-order chi connectivity index (χ1) is 8.85. The zero-order valence-electron chi connectivity index (χ0n) is 13.9. The predicted molar refractivity (Wildman–Crippen MR) is 86.9 cm³/mol. The summed E-state index contributed by atoms with van der Waals surface area (Å²) >= 11 is 0. The van der Waals surface area contributed by atoms with E-state index >= 15 is 0 Å². The molecule has 1 N–H and O–H groups in total. The highest BCUT2D eigenvalue weighted by Gasteiger charge is 2.31. The molecule has 0 spiro atoms. The monoisotopic (exact) mass is 286 g/mol. The molecule has 1 heterocycles. The molecule has 0 bridgehead atoms. The molecule has 1 unspecified atom stereocenters. The molecule has 0 aromatic carbocycles. The van der Waals surface area contributed by atoms with Crippen LogP contribution in [0.2, 0.25) is 13.1 Å². The van der Waals surface area contributed by atoms with Crippen molar-refractivity contribution in [3.63, 3.8) is 0 Å². The molecule has 0 amide bonds. The van der Waals surface area contributed by atoms with Gasteiger partial charge in [0.2, 0.25) is 0 Å². The van der Waals surface area contributed by atoms with Gasteiger partial charge in [-0.05, 0) is 39.7 Å². The first kappa shape index (κ1) is 17.1. The minimum absolute atomic E-state index is 0.629. The Morgan fingerprint density at radius 1 is 0.947 bits per heavy atom. The lowest BCUT2D eigenvalue weighted by atomic mass is 10.3. The van der Waals surface area contributed by atoms with Gasteiger partial charge in [0.25, 0.3) is 0 Å². The minimum Gasteiger partial charge on any atom is -0.323 e. The van der Waals surface area contributed by atoms with Crippen molar-refractivity contribution in [3.05, 3.63) is 0 Å². The van der Waals surface area contributed by atoms with Crippen molar-refractivity contribution in [1.82, 2.24) is 19.3 Å². The van der Waals surface area contributed by atoms with Gasteiger partial charge in [-0.15, -0.1) is 0 Å². The smallest absolute Gasteiger partial charge is 0.198 e. The number of likely N-dealkylation sites (N-methyl/N-ethyl adjacent to an activating group) is 2. The zero-order valence-corrected chi connectivity index (χ0v) is 14.9. The van der Waals surface area contributed by atoms with E-state index in [4.69, 9.17) is 0 Å². The quantitative estimate of drug-likeness (QED) is 0.785. The molecule has 1 rings (SSSR count). The summed E-state index contributed by atoms with van der Waals surface area (Å²) < 4.78 is 2.73. The summed E-state index contributed by atoms with van der Waals surface area (Å²) in [6.45, 7) is 16.6. The van der Waals surface area contributed by atoms with Gasteiger partial charge in [0, 0.05) is 39.3 Å². The van der Waals surface area contributed by atoms with E-state index in [1.165, 1.54) is 45.7 Å². The summed E-state index contributed by atoms with van der Waals surface area (Å²) in [5, 5.41) is 0. The lowest BCUT2D eigenvalue weighted by Gasteiger charge is -2.39. The molecule has 0 aliphatic carbocycles. The summed E-state index contributed by atoms with van der Waals surface area (Å²) in [6, 6.07) is 0.629. The van der Waals surface area contributed by atoms with Crippen LogP contribution in [0.1, 0.15) is 20.3 Å². The normalized spacial score (nSPS) is 23.7. The molecular weight excluding hydrogens is 252 g/mol. The molecule has 5 heteroatoms. The highest BCUT2D eigenvalue weighted by atomic mass is 28.3. The van der Waals surface area contributed by atoms with Crippen molar-refractivity contribution in [2.75, 3.05) is 53.4 Å². The molecule has 114 valence electrons. The lowest BCUT2D eigenvalue weighted by Crippen LogP contribution is -2.63. The fraction of sp³-hybridized carbons (Fsp3) is 1.00. The molecule has 1 aliphatic rings. The van der Waals surface area contributed by atoms with Crippen molar-refractivity contribution in [3.8, 4) is 0 Å². The van der Waals surface area contributed by atoms with Crippen LogP contribution in [0.4, 0.5) is 0 Å². The van der Waals surface area contributed by atoms with Gasteiger partial charge in [0.1, 0.15) is 0 Å². The third kappa shape index (κ3) is 5.91. The van der Waals surface area contributed by atoms with Crippen LogP contribution in [-0.2, 0) is 0 Å². The van der Waals surface area contributed by atoms with E-state index in [9.17, 15) is 0 Å². The van der Waals surface area contributed by atoms with E-state index in [-0.39, 0.29) is 0 Å². The Balaban J connectivity index is 2.65. The second-order valence-corrected chi connectivity index (χ2v) is 10.6. The lowest BCUT2D eigenvalue weighted by molar-refractivity contribution is 0.277. The van der Waals surface area contributed by atoms with Gasteiger partial charge in [-0.2, -0.15) is 0 Å². The molecule has 0 aromatic rings. The van der Waals surface area contributed by atoms with Crippen molar-refractivity contribution in [1.29, 1.82) is 0 Å². The van der Waals surface area contributed by atoms with Gasteiger partial charge in [0.15, 0.2) is 8.40 Å². The van der Waals surface area contributed by atoms with E-state index in [1.54, 1.807) is 0 Å². The maximum absolute atomic E-state index is 3.90. The fourth-order valence-corrected chi connectivity index (χ4v) is 5.53. The largest absolute Gasteiger partial charge is 0.323 e. The van der Waals surface area contributed by atoms with Crippen LogP contribution in [0.5, 0.6) is 0 Å². The van der Waals surface area contributed by atoms with E-state index in [2.05, 4.69) is 60.4 Å². The molecule has 19 heavy (non-hydrogen) atoms. The second kappa shape index (κ2) is 7.74. The molecular formula is C14H34N4Si. The second-order valence-electron chi connectivity index (χ2n) is 6.61. The van der Waals surface area contributed by atoms with Gasteiger partial charge in [-0.25, -0.2) is 0 Å². The molecule has 0 saturated carbocycles.